The lowest BCUT2D eigenvalue weighted by Crippen LogP contribution is -2.03. The lowest BCUT2D eigenvalue weighted by molar-refractivity contribution is 0.789. The molecule has 0 fully saturated rings. The van der Waals surface area contributed by atoms with E-state index < -0.39 is 0 Å². The maximum Gasteiger partial charge on any atom is 0.143 e. The summed E-state index contributed by atoms with van der Waals surface area (Å²) in [5, 5.41) is 16.6. The molecule has 0 amide bonds. The predicted octanol–water partition coefficient (Wildman–Crippen LogP) is 2.23. The maximum atomic E-state index is 5.89. The Kier molecular flexibility index (Phi) is 3.34. The van der Waals surface area contributed by atoms with Gasteiger partial charge in [0.05, 0.1) is 12.2 Å². The summed E-state index contributed by atoms with van der Waals surface area (Å²) in [5.74, 6) is 0. The molecule has 3 N–H and O–H groups in total. The number of nitrogens with two attached hydrogens (primary N) is 1. The molecule has 0 saturated carbocycles. The van der Waals surface area contributed by atoms with Crippen LogP contribution in [0.15, 0.2) is 36.0 Å². The third kappa shape index (κ3) is 2.48. The van der Waals surface area contributed by atoms with Gasteiger partial charge in [-0.25, -0.2) is 4.68 Å². The van der Waals surface area contributed by atoms with Crippen molar-refractivity contribution in [2.24, 2.45) is 0 Å². The predicted molar refractivity (Wildman–Crippen MR) is 79.9 cm³/mol. The number of hydrogen-bond acceptors (Lipinski definition) is 6. The molecule has 3 aromatic rings. The SMILES string of the molecule is Cc1ccc(-n2cnnn2)cc1NCc1sccc1N. The summed E-state index contributed by atoms with van der Waals surface area (Å²) in [6.45, 7) is 2.77. The highest BCUT2D eigenvalue weighted by Gasteiger charge is 2.05. The Morgan fingerprint density at radius 1 is 1.35 bits per heavy atom. The van der Waals surface area contributed by atoms with Crippen LogP contribution in [-0.2, 0) is 6.54 Å². The first-order chi connectivity index (χ1) is 9.74. The zero-order valence-electron chi connectivity index (χ0n) is 10.9. The first-order valence-corrected chi connectivity index (χ1v) is 7.02. The molecule has 7 heteroatoms. The molecule has 2 heterocycles. The van der Waals surface area contributed by atoms with E-state index in [1.807, 2.05) is 29.6 Å². The van der Waals surface area contributed by atoms with Gasteiger partial charge >= 0.3 is 0 Å². The number of nitrogens with one attached hydrogen (secondary N) is 1. The highest BCUT2D eigenvalue weighted by Crippen LogP contribution is 2.23. The minimum Gasteiger partial charge on any atom is -0.398 e. The summed E-state index contributed by atoms with van der Waals surface area (Å²) in [7, 11) is 0. The van der Waals surface area contributed by atoms with E-state index in [-0.39, 0.29) is 0 Å². The molecule has 0 aliphatic carbocycles. The molecule has 0 aliphatic rings. The summed E-state index contributed by atoms with van der Waals surface area (Å²) in [6, 6.07) is 7.97. The molecule has 0 atom stereocenters. The Hall–Kier alpha value is -2.41. The number of aryl methyl sites for hydroxylation is 1. The second-order valence-electron chi connectivity index (χ2n) is 4.41. The number of aromatic nitrogens is 4. The third-order valence-electron chi connectivity index (χ3n) is 3.05. The van der Waals surface area contributed by atoms with E-state index in [1.165, 1.54) is 0 Å². The van der Waals surface area contributed by atoms with Gasteiger partial charge in [-0.2, -0.15) is 0 Å². The standard InChI is InChI=1S/C13H14N6S/c1-9-2-3-10(19-8-16-17-18-19)6-12(9)15-7-13-11(14)4-5-20-13/h2-6,8,15H,7,14H2,1H3. The molecule has 0 spiro atoms. The summed E-state index contributed by atoms with van der Waals surface area (Å²) in [5.41, 5.74) is 9.85. The number of thiophene rings is 1. The van der Waals surface area contributed by atoms with Crippen molar-refractivity contribution in [1.29, 1.82) is 0 Å². The van der Waals surface area contributed by atoms with Crippen molar-refractivity contribution >= 4 is 22.7 Å². The van der Waals surface area contributed by atoms with Gasteiger partial charge in [0.1, 0.15) is 6.33 Å². The molecule has 0 aliphatic heterocycles. The van der Waals surface area contributed by atoms with Gasteiger partial charge in [-0.1, -0.05) is 6.07 Å². The number of anilines is 2. The molecule has 0 unspecified atom stereocenters. The quantitative estimate of drug-likeness (QED) is 0.768. The van der Waals surface area contributed by atoms with Crippen LogP contribution in [0.2, 0.25) is 0 Å². The van der Waals surface area contributed by atoms with Crippen LogP contribution in [0.4, 0.5) is 11.4 Å². The fourth-order valence-electron chi connectivity index (χ4n) is 1.89. The topological polar surface area (TPSA) is 81.7 Å². The van der Waals surface area contributed by atoms with Crippen LogP contribution in [0.25, 0.3) is 5.69 Å². The molecular weight excluding hydrogens is 272 g/mol. The fraction of sp³-hybridized carbons (Fsp3) is 0.154. The van der Waals surface area contributed by atoms with E-state index in [0.717, 1.165) is 27.5 Å². The van der Waals surface area contributed by atoms with Gasteiger partial charge in [0.2, 0.25) is 0 Å². The van der Waals surface area contributed by atoms with E-state index in [0.29, 0.717) is 6.54 Å². The molecule has 0 saturated heterocycles. The van der Waals surface area contributed by atoms with Gasteiger partial charge in [-0.05, 0) is 46.5 Å². The van der Waals surface area contributed by atoms with Crippen LogP contribution < -0.4 is 11.1 Å². The van der Waals surface area contributed by atoms with Crippen LogP contribution in [-0.4, -0.2) is 20.2 Å². The van der Waals surface area contributed by atoms with Gasteiger partial charge in [0.25, 0.3) is 0 Å². The molecule has 0 radical (unpaired) electrons. The van der Waals surface area contributed by atoms with Crippen molar-refractivity contribution in [2.45, 2.75) is 13.5 Å². The van der Waals surface area contributed by atoms with Gasteiger partial charge in [0, 0.05) is 16.3 Å². The molecule has 3 rings (SSSR count). The maximum absolute atomic E-state index is 5.89. The fourth-order valence-corrected chi connectivity index (χ4v) is 2.63. The average Bonchev–Trinajstić information content (AvgIpc) is 3.10. The molecule has 102 valence electrons. The van der Waals surface area contributed by atoms with E-state index in [1.54, 1.807) is 22.3 Å². The van der Waals surface area contributed by atoms with Crippen molar-refractivity contribution in [3.05, 3.63) is 46.4 Å². The summed E-state index contributed by atoms with van der Waals surface area (Å²) >= 11 is 1.65. The molecule has 0 bridgehead atoms. The largest absolute Gasteiger partial charge is 0.398 e. The molecule has 20 heavy (non-hydrogen) atoms. The highest BCUT2D eigenvalue weighted by molar-refractivity contribution is 7.10. The first kappa shape index (κ1) is 12.6. The van der Waals surface area contributed by atoms with Crippen molar-refractivity contribution in [3.63, 3.8) is 0 Å². The van der Waals surface area contributed by atoms with Crippen molar-refractivity contribution in [3.8, 4) is 5.69 Å². The van der Waals surface area contributed by atoms with Crippen molar-refractivity contribution < 1.29 is 0 Å². The number of rotatable bonds is 4. The van der Waals surface area contributed by atoms with E-state index in [4.69, 9.17) is 5.73 Å². The monoisotopic (exact) mass is 286 g/mol. The summed E-state index contributed by atoms with van der Waals surface area (Å²) < 4.78 is 1.63. The van der Waals surface area contributed by atoms with Crippen LogP contribution in [0.3, 0.4) is 0 Å². The number of tetrazole rings is 1. The molecular formula is C13H14N6S. The molecule has 2 aromatic heterocycles. The van der Waals surface area contributed by atoms with E-state index in [9.17, 15) is 0 Å². The number of benzene rings is 1. The zero-order chi connectivity index (χ0) is 13.9. The minimum absolute atomic E-state index is 0.712. The van der Waals surface area contributed by atoms with Crippen LogP contribution >= 0.6 is 11.3 Å². The lowest BCUT2D eigenvalue weighted by Gasteiger charge is -2.11. The van der Waals surface area contributed by atoms with Gasteiger partial charge < -0.3 is 11.1 Å². The van der Waals surface area contributed by atoms with Gasteiger partial charge in [-0.3, -0.25) is 0 Å². The normalized spacial score (nSPS) is 10.7. The Morgan fingerprint density at radius 3 is 2.95 bits per heavy atom. The van der Waals surface area contributed by atoms with Crippen molar-refractivity contribution in [1.82, 2.24) is 20.2 Å². The second kappa shape index (κ2) is 5.30. The second-order valence-corrected chi connectivity index (χ2v) is 5.41. The number of nitrogen functional groups attached to an aromatic ring is 1. The number of nitrogens with zero attached hydrogens (tertiary/aromatic N) is 4. The third-order valence-corrected chi connectivity index (χ3v) is 3.99. The Bertz CT molecular complexity index is 703. The van der Waals surface area contributed by atoms with Crippen LogP contribution in [0, 0.1) is 6.92 Å². The highest BCUT2D eigenvalue weighted by atomic mass is 32.1. The summed E-state index contributed by atoms with van der Waals surface area (Å²) in [6.07, 6.45) is 1.58. The zero-order valence-corrected chi connectivity index (χ0v) is 11.8. The van der Waals surface area contributed by atoms with Crippen molar-refractivity contribution in [2.75, 3.05) is 11.1 Å². The smallest absolute Gasteiger partial charge is 0.143 e. The van der Waals surface area contributed by atoms with Gasteiger partial charge in [-0.15, -0.1) is 16.4 Å². The average molecular weight is 286 g/mol. The van der Waals surface area contributed by atoms with Crippen LogP contribution in [0.5, 0.6) is 0 Å². The van der Waals surface area contributed by atoms with Crippen LogP contribution in [0.1, 0.15) is 10.4 Å². The summed E-state index contributed by atoms with van der Waals surface area (Å²) in [4.78, 5) is 1.14. The number of hydrogen-bond donors (Lipinski definition) is 2. The Morgan fingerprint density at radius 2 is 2.25 bits per heavy atom. The van der Waals surface area contributed by atoms with E-state index >= 15 is 0 Å². The van der Waals surface area contributed by atoms with Gasteiger partial charge in [0.15, 0.2) is 0 Å². The Labute approximate surface area is 120 Å². The molecule has 1 aromatic carbocycles. The Balaban J connectivity index is 1.82. The lowest BCUT2D eigenvalue weighted by atomic mass is 10.2. The van der Waals surface area contributed by atoms with E-state index in [2.05, 4.69) is 27.8 Å². The minimum atomic E-state index is 0.712. The molecule has 6 nitrogen and oxygen atoms in total. The first-order valence-electron chi connectivity index (χ1n) is 6.14.